The van der Waals surface area contributed by atoms with Gasteiger partial charge in [-0.2, -0.15) is 0 Å². The number of sulfonamides is 1. The highest BCUT2D eigenvalue weighted by Gasteiger charge is 2.20. The van der Waals surface area contributed by atoms with Crippen LogP contribution in [0.4, 0.5) is 5.69 Å². The van der Waals surface area contributed by atoms with Crippen LogP contribution in [0.25, 0.3) is 11.0 Å². The molecule has 3 aromatic rings. The van der Waals surface area contributed by atoms with Crippen molar-refractivity contribution in [1.29, 1.82) is 0 Å². The van der Waals surface area contributed by atoms with Gasteiger partial charge in [0.15, 0.2) is 0 Å². The van der Waals surface area contributed by atoms with Gasteiger partial charge in [-0.05, 0) is 44.0 Å². The zero-order valence-electron chi connectivity index (χ0n) is 17.1. The van der Waals surface area contributed by atoms with E-state index in [1.807, 2.05) is 32.3 Å². The fourth-order valence-corrected chi connectivity index (χ4v) is 4.27. The number of amides is 1. The molecule has 0 aliphatic heterocycles. The van der Waals surface area contributed by atoms with Crippen LogP contribution in [-0.2, 0) is 16.6 Å². The van der Waals surface area contributed by atoms with Crippen LogP contribution < -0.4 is 10.0 Å². The van der Waals surface area contributed by atoms with Gasteiger partial charge in [0.1, 0.15) is 5.82 Å². The Morgan fingerprint density at radius 3 is 2.48 bits per heavy atom. The molecule has 29 heavy (non-hydrogen) atoms. The van der Waals surface area contributed by atoms with E-state index in [-0.39, 0.29) is 10.8 Å². The van der Waals surface area contributed by atoms with Crippen molar-refractivity contribution in [2.24, 2.45) is 5.92 Å². The highest BCUT2D eigenvalue weighted by Crippen LogP contribution is 2.27. The van der Waals surface area contributed by atoms with E-state index < -0.39 is 10.0 Å². The second-order valence-electron chi connectivity index (χ2n) is 7.32. The van der Waals surface area contributed by atoms with Crippen LogP contribution in [0, 0.1) is 12.8 Å². The van der Waals surface area contributed by atoms with Gasteiger partial charge in [0.25, 0.3) is 15.9 Å². The molecule has 1 amide bonds. The topological polar surface area (TPSA) is 93.1 Å². The lowest BCUT2D eigenvalue weighted by Gasteiger charge is -2.13. The molecule has 1 heterocycles. The summed E-state index contributed by atoms with van der Waals surface area (Å²) in [6.07, 6.45) is 0. The van der Waals surface area contributed by atoms with Crippen molar-refractivity contribution in [2.75, 3.05) is 11.3 Å². The van der Waals surface area contributed by atoms with Crippen molar-refractivity contribution in [3.63, 3.8) is 0 Å². The van der Waals surface area contributed by atoms with Crippen LogP contribution in [0.1, 0.15) is 37.0 Å². The monoisotopic (exact) mass is 414 g/mol. The zero-order chi connectivity index (χ0) is 21.2. The van der Waals surface area contributed by atoms with Gasteiger partial charge in [0, 0.05) is 13.1 Å². The normalized spacial score (nSPS) is 11.8. The van der Waals surface area contributed by atoms with Crippen molar-refractivity contribution in [3.05, 3.63) is 53.9 Å². The molecular formula is C21H26N4O3S. The van der Waals surface area contributed by atoms with Crippen LogP contribution in [0.5, 0.6) is 0 Å². The first kappa shape index (κ1) is 20.9. The average molecular weight is 415 g/mol. The summed E-state index contributed by atoms with van der Waals surface area (Å²) < 4.78 is 30.0. The van der Waals surface area contributed by atoms with Gasteiger partial charge in [-0.3, -0.25) is 9.52 Å². The number of anilines is 1. The molecule has 0 radical (unpaired) electrons. The molecule has 0 aliphatic carbocycles. The van der Waals surface area contributed by atoms with Gasteiger partial charge >= 0.3 is 0 Å². The largest absolute Gasteiger partial charge is 0.352 e. The molecule has 2 N–H and O–H groups in total. The van der Waals surface area contributed by atoms with E-state index in [0.29, 0.717) is 41.3 Å². The summed E-state index contributed by atoms with van der Waals surface area (Å²) in [6, 6.07) is 11.4. The third kappa shape index (κ3) is 4.42. The van der Waals surface area contributed by atoms with Gasteiger partial charge in [0.2, 0.25) is 0 Å². The Hall–Kier alpha value is -2.87. The molecule has 1 aromatic heterocycles. The summed E-state index contributed by atoms with van der Waals surface area (Å²) in [5.74, 6) is 0.814. The van der Waals surface area contributed by atoms with Crippen LogP contribution >= 0.6 is 0 Å². The van der Waals surface area contributed by atoms with Crippen molar-refractivity contribution in [2.45, 2.75) is 39.1 Å². The molecule has 7 nitrogen and oxygen atoms in total. The summed E-state index contributed by atoms with van der Waals surface area (Å²) >= 11 is 0. The maximum Gasteiger partial charge on any atom is 0.261 e. The zero-order valence-corrected chi connectivity index (χ0v) is 17.9. The number of carbonyl (C=O) groups is 1. The third-order valence-corrected chi connectivity index (χ3v) is 5.97. The molecule has 0 saturated carbocycles. The van der Waals surface area contributed by atoms with Crippen LogP contribution in [-0.4, -0.2) is 30.4 Å². The highest BCUT2D eigenvalue weighted by atomic mass is 32.2. The number of carbonyl (C=O) groups excluding carboxylic acids is 1. The first-order valence-electron chi connectivity index (χ1n) is 9.60. The van der Waals surface area contributed by atoms with Gasteiger partial charge in [-0.25, -0.2) is 13.4 Å². The summed E-state index contributed by atoms with van der Waals surface area (Å²) in [5.41, 5.74) is 1.98. The highest BCUT2D eigenvalue weighted by molar-refractivity contribution is 7.92. The maximum atomic E-state index is 12.9. The van der Waals surface area contributed by atoms with E-state index in [1.165, 1.54) is 12.1 Å². The Bertz CT molecular complexity index is 1140. The van der Waals surface area contributed by atoms with E-state index in [2.05, 4.69) is 15.0 Å². The number of rotatable bonds is 7. The molecule has 154 valence electrons. The number of nitrogens with zero attached hydrogens (tertiary/aromatic N) is 2. The minimum atomic E-state index is -3.78. The Kier molecular flexibility index (Phi) is 5.93. The number of hydrogen-bond acceptors (Lipinski definition) is 4. The van der Waals surface area contributed by atoms with Crippen molar-refractivity contribution in [1.82, 2.24) is 14.9 Å². The van der Waals surface area contributed by atoms with Crippen LogP contribution in [0.15, 0.2) is 47.4 Å². The molecular weight excluding hydrogens is 388 g/mol. The summed E-state index contributed by atoms with van der Waals surface area (Å²) in [5, 5.41) is 2.92. The summed E-state index contributed by atoms with van der Waals surface area (Å²) in [4.78, 5) is 17.6. The van der Waals surface area contributed by atoms with Gasteiger partial charge < -0.3 is 9.88 Å². The predicted molar refractivity (Wildman–Crippen MR) is 115 cm³/mol. The van der Waals surface area contributed by atoms with Gasteiger partial charge in [-0.1, -0.05) is 32.0 Å². The molecule has 0 bridgehead atoms. The third-order valence-electron chi connectivity index (χ3n) is 4.57. The standard InChI is InChI=1S/C21H26N4O3S/c1-5-25-15(4)23-19-12-16(24-29(27,28)17-9-7-6-8-10-17)11-18(20(19)25)21(26)22-13-14(2)3/h6-12,14,24H,5,13H2,1-4H3,(H,22,26). The molecule has 0 spiro atoms. The van der Waals surface area contributed by atoms with Crippen molar-refractivity contribution in [3.8, 4) is 0 Å². The van der Waals surface area contributed by atoms with E-state index in [1.54, 1.807) is 30.3 Å². The number of fused-ring (bicyclic) bond motifs is 1. The van der Waals surface area contributed by atoms with Crippen LogP contribution in [0.2, 0.25) is 0 Å². The summed E-state index contributed by atoms with van der Waals surface area (Å²) in [7, 11) is -3.78. The Morgan fingerprint density at radius 2 is 1.86 bits per heavy atom. The number of aryl methyl sites for hydroxylation is 2. The number of imidazole rings is 1. The second-order valence-corrected chi connectivity index (χ2v) is 9.00. The lowest BCUT2D eigenvalue weighted by molar-refractivity contribution is 0.0950. The molecule has 3 rings (SSSR count). The number of hydrogen-bond donors (Lipinski definition) is 2. The number of benzene rings is 2. The fourth-order valence-electron chi connectivity index (χ4n) is 3.21. The number of aromatic nitrogens is 2. The van der Waals surface area contributed by atoms with Crippen molar-refractivity contribution < 1.29 is 13.2 Å². The molecule has 2 aromatic carbocycles. The lowest BCUT2D eigenvalue weighted by atomic mass is 10.1. The molecule has 0 atom stereocenters. The quantitative estimate of drug-likeness (QED) is 0.618. The predicted octanol–water partition coefficient (Wildman–Crippen LogP) is 3.55. The van der Waals surface area contributed by atoms with E-state index in [9.17, 15) is 13.2 Å². The van der Waals surface area contributed by atoms with E-state index in [0.717, 1.165) is 5.82 Å². The molecule has 0 aliphatic rings. The SMILES string of the molecule is CCn1c(C)nc2cc(NS(=O)(=O)c3ccccc3)cc(C(=O)NCC(C)C)c21. The first-order chi connectivity index (χ1) is 13.7. The van der Waals surface area contributed by atoms with Crippen LogP contribution in [0.3, 0.4) is 0 Å². The molecule has 8 heteroatoms. The maximum absolute atomic E-state index is 12.9. The lowest BCUT2D eigenvalue weighted by Crippen LogP contribution is -2.28. The molecule has 0 unspecified atom stereocenters. The Balaban J connectivity index is 2.09. The first-order valence-corrected chi connectivity index (χ1v) is 11.1. The molecule has 0 saturated heterocycles. The Morgan fingerprint density at radius 1 is 1.17 bits per heavy atom. The fraction of sp³-hybridized carbons (Fsp3) is 0.333. The minimum absolute atomic E-state index is 0.154. The summed E-state index contributed by atoms with van der Waals surface area (Å²) in [6.45, 7) is 9.06. The Labute approximate surface area is 171 Å². The van der Waals surface area contributed by atoms with E-state index >= 15 is 0 Å². The average Bonchev–Trinajstić information content (AvgIpc) is 3.00. The minimum Gasteiger partial charge on any atom is -0.352 e. The van der Waals surface area contributed by atoms with Gasteiger partial charge in [-0.15, -0.1) is 0 Å². The second kappa shape index (κ2) is 8.24. The number of nitrogens with one attached hydrogen (secondary N) is 2. The molecule has 0 fully saturated rings. The van der Waals surface area contributed by atoms with Crippen molar-refractivity contribution >= 4 is 32.7 Å². The van der Waals surface area contributed by atoms with E-state index in [4.69, 9.17) is 0 Å². The smallest absolute Gasteiger partial charge is 0.261 e. The van der Waals surface area contributed by atoms with Gasteiger partial charge in [0.05, 0.1) is 27.2 Å².